The van der Waals surface area contributed by atoms with Gasteiger partial charge in [-0.1, -0.05) is 24.3 Å². The van der Waals surface area contributed by atoms with Crippen LogP contribution in [-0.4, -0.2) is 13.1 Å². The monoisotopic (exact) mass is 300 g/mol. The fourth-order valence-electron chi connectivity index (χ4n) is 1.93. The third-order valence-electron chi connectivity index (χ3n) is 3.14. The summed E-state index contributed by atoms with van der Waals surface area (Å²) in [6.07, 6.45) is 1.43. The van der Waals surface area contributed by atoms with E-state index >= 15 is 0 Å². The molecular formula is C18H17FO3. The van der Waals surface area contributed by atoms with Crippen LogP contribution in [0.4, 0.5) is 4.39 Å². The van der Waals surface area contributed by atoms with E-state index in [1.54, 1.807) is 12.1 Å². The van der Waals surface area contributed by atoms with Crippen molar-refractivity contribution >= 4 is 11.5 Å². The Kier molecular flexibility index (Phi) is 5.31. The lowest BCUT2D eigenvalue weighted by molar-refractivity contribution is -0.134. The maximum atomic E-state index is 13.1. The zero-order valence-corrected chi connectivity index (χ0v) is 12.5. The number of hydrogen-bond acceptors (Lipinski definition) is 3. The number of rotatable bonds is 5. The zero-order valence-electron chi connectivity index (χ0n) is 12.5. The van der Waals surface area contributed by atoms with Gasteiger partial charge in [0.25, 0.3) is 0 Å². The molecule has 114 valence electrons. The predicted octanol–water partition coefficient (Wildman–Crippen LogP) is 3.98. The highest BCUT2D eigenvalue weighted by Gasteiger charge is 2.02. The molecule has 0 amide bonds. The Morgan fingerprint density at radius 1 is 1.18 bits per heavy atom. The summed E-state index contributed by atoms with van der Waals surface area (Å²) in [5.74, 6) is 0.0165. The van der Waals surface area contributed by atoms with Gasteiger partial charge in [-0.05, 0) is 47.9 Å². The van der Waals surface area contributed by atoms with Crippen LogP contribution in [0, 0.1) is 5.82 Å². The summed E-state index contributed by atoms with van der Waals surface area (Å²) in [4.78, 5) is 11.2. The van der Waals surface area contributed by atoms with Gasteiger partial charge in [-0.3, -0.25) is 0 Å². The molecule has 0 aliphatic rings. The largest absolute Gasteiger partial charge is 0.489 e. The van der Waals surface area contributed by atoms with Gasteiger partial charge in [0.1, 0.15) is 18.2 Å². The maximum absolute atomic E-state index is 13.1. The van der Waals surface area contributed by atoms with Gasteiger partial charge in [0.05, 0.1) is 7.11 Å². The minimum Gasteiger partial charge on any atom is -0.489 e. The van der Waals surface area contributed by atoms with E-state index in [0.717, 1.165) is 16.7 Å². The van der Waals surface area contributed by atoms with E-state index in [-0.39, 0.29) is 11.8 Å². The first-order chi connectivity index (χ1) is 10.6. The Morgan fingerprint density at radius 3 is 2.55 bits per heavy atom. The van der Waals surface area contributed by atoms with Gasteiger partial charge in [0.2, 0.25) is 0 Å². The molecule has 0 saturated carbocycles. The number of carbonyl (C=O) groups is 1. The highest BCUT2D eigenvalue weighted by Crippen LogP contribution is 2.19. The van der Waals surface area contributed by atoms with Crippen LogP contribution in [0.25, 0.3) is 5.57 Å². The predicted molar refractivity (Wildman–Crippen MR) is 82.8 cm³/mol. The number of methoxy groups -OCH3 is 1. The van der Waals surface area contributed by atoms with Crippen molar-refractivity contribution in [3.05, 3.63) is 71.6 Å². The van der Waals surface area contributed by atoms with Gasteiger partial charge in [-0.15, -0.1) is 0 Å². The summed E-state index contributed by atoms with van der Waals surface area (Å²) in [5, 5.41) is 0. The second-order valence-electron chi connectivity index (χ2n) is 4.79. The van der Waals surface area contributed by atoms with Crippen LogP contribution in [-0.2, 0) is 16.1 Å². The molecule has 0 fully saturated rings. The lowest BCUT2D eigenvalue weighted by atomic mass is 10.1. The molecule has 2 rings (SSSR count). The SMILES string of the molecule is COC(=O)C=C(C)c1ccc(OCc2cccc(F)c2)cc1. The Bertz CT molecular complexity index is 675. The maximum Gasteiger partial charge on any atom is 0.330 e. The van der Waals surface area contributed by atoms with Gasteiger partial charge >= 0.3 is 5.97 Å². The Morgan fingerprint density at radius 2 is 1.91 bits per heavy atom. The van der Waals surface area contributed by atoms with Crippen LogP contribution in [0.1, 0.15) is 18.1 Å². The Balaban J connectivity index is 2.00. The van der Waals surface area contributed by atoms with E-state index in [1.165, 1.54) is 25.3 Å². The smallest absolute Gasteiger partial charge is 0.330 e. The molecule has 0 spiro atoms. The molecular weight excluding hydrogens is 283 g/mol. The lowest BCUT2D eigenvalue weighted by Crippen LogP contribution is -1.97. The van der Waals surface area contributed by atoms with Crippen molar-refractivity contribution in [2.45, 2.75) is 13.5 Å². The molecule has 4 heteroatoms. The van der Waals surface area contributed by atoms with E-state index in [1.807, 2.05) is 31.2 Å². The summed E-state index contributed by atoms with van der Waals surface area (Å²) in [7, 11) is 1.34. The number of ether oxygens (including phenoxy) is 2. The summed E-state index contributed by atoms with van der Waals surface area (Å²) >= 11 is 0. The van der Waals surface area contributed by atoms with Gasteiger partial charge in [-0.25, -0.2) is 9.18 Å². The van der Waals surface area contributed by atoms with Crippen molar-refractivity contribution in [3.63, 3.8) is 0 Å². The van der Waals surface area contributed by atoms with Crippen LogP contribution in [0.3, 0.4) is 0 Å². The molecule has 0 radical (unpaired) electrons. The number of esters is 1. The minimum atomic E-state index is -0.385. The Hall–Kier alpha value is -2.62. The fraction of sp³-hybridized carbons (Fsp3) is 0.167. The zero-order chi connectivity index (χ0) is 15.9. The second-order valence-corrected chi connectivity index (χ2v) is 4.79. The molecule has 3 nitrogen and oxygen atoms in total. The molecule has 0 saturated heterocycles. The molecule has 0 unspecified atom stereocenters. The molecule has 0 N–H and O–H groups in total. The number of hydrogen-bond donors (Lipinski definition) is 0. The summed E-state index contributed by atoms with van der Waals surface area (Å²) in [6, 6.07) is 13.6. The summed E-state index contributed by atoms with van der Waals surface area (Å²) < 4.78 is 23.3. The molecule has 2 aromatic rings. The summed E-state index contributed by atoms with van der Waals surface area (Å²) in [5.41, 5.74) is 2.48. The fourth-order valence-corrected chi connectivity index (χ4v) is 1.93. The lowest BCUT2D eigenvalue weighted by Gasteiger charge is -2.08. The first-order valence-electron chi connectivity index (χ1n) is 6.82. The van der Waals surface area contributed by atoms with Crippen LogP contribution < -0.4 is 4.74 Å². The molecule has 0 aromatic heterocycles. The number of halogens is 1. The Labute approximate surface area is 129 Å². The number of carbonyl (C=O) groups excluding carboxylic acids is 1. The third kappa shape index (κ3) is 4.45. The van der Waals surface area contributed by atoms with E-state index in [2.05, 4.69) is 4.74 Å². The molecule has 0 aliphatic heterocycles. The number of benzene rings is 2. The molecule has 0 atom stereocenters. The normalized spacial score (nSPS) is 11.1. The number of allylic oxidation sites excluding steroid dienone is 1. The van der Waals surface area contributed by atoms with Gasteiger partial charge in [0, 0.05) is 6.08 Å². The van der Waals surface area contributed by atoms with Gasteiger partial charge < -0.3 is 9.47 Å². The van der Waals surface area contributed by atoms with Crippen molar-refractivity contribution in [3.8, 4) is 5.75 Å². The first-order valence-corrected chi connectivity index (χ1v) is 6.82. The highest BCUT2D eigenvalue weighted by molar-refractivity contribution is 5.90. The van der Waals surface area contributed by atoms with E-state index in [4.69, 9.17) is 4.74 Å². The van der Waals surface area contributed by atoms with E-state index in [0.29, 0.717) is 12.4 Å². The minimum absolute atomic E-state index is 0.278. The van der Waals surface area contributed by atoms with Crippen LogP contribution in [0.2, 0.25) is 0 Å². The van der Waals surface area contributed by atoms with Gasteiger partial charge in [0.15, 0.2) is 0 Å². The molecule has 22 heavy (non-hydrogen) atoms. The second kappa shape index (κ2) is 7.41. The van der Waals surface area contributed by atoms with E-state index < -0.39 is 0 Å². The quantitative estimate of drug-likeness (QED) is 0.619. The standard InChI is InChI=1S/C18H17FO3/c1-13(10-18(20)21-2)15-6-8-17(9-7-15)22-12-14-4-3-5-16(19)11-14/h3-11H,12H2,1-2H3. The average molecular weight is 300 g/mol. The van der Waals surface area contributed by atoms with Crippen molar-refractivity contribution < 1.29 is 18.7 Å². The molecule has 2 aromatic carbocycles. The van der Waals surface area contributed by atoms with E-state index in [9.17, 15) is 9.18 Å². The highest BCUT2D eigenvalue weighted by atomic mass is 19.1. The van der Waals surface area contributed by atoms with Crippen LogP contribution >= 0.6 is 0 Å². The first kappa shape index (κ1) is 15.8. The molecule has 0 heterocycles. The van der Waals surface area contributed by atoms with Crippen LogP contribution in [0.5, 0.6) is 5.75 Å². The summed E-state index contributed by atoms with van der Waals surface area (Å²) in [6.45, 7) is 2.13. The van der Waals surface area contributed by atoms with Crippen LogP contribution in [0.15, 0.2) is 54.6 Å². The topological polar surface area (TPSA) is 35.5 Å². The van der Waals surface area contributed by atoms with Crippen molar-refractivity contribution in [1.29, 1.82) is 0 Å². The van der Waals surface area contributed by atoms with Gasteiger partial charge in [-0.2, -0.15) is 0 Å². The third-order valence-corrected chi connectivity index (χ3v) is 3.14. The molecule has 0 aliphatic carbocycles. The van der Waals surface area contributed by atoms with Crippen molar-refractivity contribution in [1.82, 2.24) is 0 Å². The molecule has 0 bridgehead atoms. The average Bonchev–Trinajstić information content (AvgIpc) is 2.53. The van der Waals surface area contributed by atoms with Crippen molar-refractivity contribution in [2.75, 3.05) is 7.11 Å². The van der Waals surface area contributed by atoms with Crippen molar-refractivity contribution in [2.24, 2.45) is 0 Å².